The number of nitrogens with zero attached hydrogens (tertiary/aromatic N) is 2. The van der Waals surface area contributed by atoms with E-state index in [1.807, 2.05) is 68.4 Å². The van der Waals surface area contributed by atoms with Crippen LogP contribution < -0.4 is 16.0 Å². The second-order valence-electron chi connectivity index (χ2n) is 12.8. The number of ether oxygens (including phenoxy) is 1. The second-order valence-corrected chi connectivity index (χ2v) is 12.8. The number of hydrogen-bond acceptors (Lipinski definition) is 7. The van der Waals surface area contributed by atoms with Crippen LogP contribution in [0.2, 0.25) is 0 Å². The highest BCUT2D eigenvalue weighted by atomic mass is 16.6. The molecule has 246 valence electrons. The molecule has 9 nitrogen and oxygen atoms in total. The fourth-order valence-corrected chi connectivity index (χ4v) is 6.27. The van der Waals surface area contributed by atoms with Gasteiger partial charge in [0.2, 0.25) is 5.91 Å². The Bertz CT molecular complexity index is 1200. The molecule has 0 spiro atoms. The van der Waals surface area contributed by atoms with Gasteiger partial charge < -0.3 is 25.2 Å². The number of likely N-dealkylation sites (tertiary alicyclic amines) is 2. The number of Topliss-reactive ketones (excluding diaryl/α,β-unsaturated/α-hetero) is 1. The van der Waals surface area contributed by atoms with E-state index in [1.165, 1.54) is 0 Å². The molecular weight excluding hydrogens is 566 g/mol. The highest BCUT2D eigenvalue weighted by molar-refractivity contribution is 5.91. The summed E-state index contributed by atoms with van der Waals surface area (Å²) in [6.45, 7) is 10.8. The summed E-state index contributed by atoms with van der Waals surface area (Å²) in [6.07, 6.45) is 6.80. The molecule has 2 aromatic rings. The van der Waals surface area contributed by atoms with Crippen molar-refractivity contribution in [1.29, 1.82) is 0 Å². The van der Waals surface area contributed by atoms with Gasteiger partial charge in [-0.05, 0) is 77.1 Å². The number of carbonyl (C=O) groups excluding carboxylic acids is 3. The lowest BCUT2D eigenvalue weighted by molar-refractivity contribution is -0.127. The SMILES string of the molecule is CC(C)NC(=O)C1CCCN(CCCCCC(=O)CNCCN2CCC(OC(=O)Nc3ccccc3-c3ccccc3)CC2)C1. The minimum Gasteiger partial charge on any atom is -0.446 e. The van der Waals surface area contributed by atoms with Gasteiger partial charge in [0.05, 0.1) is 18.2 Å². The number of nitrogens with one attached hydrogen (secondary N) is 3. The lowest BCUT2D eigenvalue weighted by Crippen LogP contribution is -2.44. The van der Waals surface area contributed by atoms with Gasteiger partial charge in [0.25, 0.3) is 0 Å². The maximum absolute atomic E-state index is 12.7. The first kappa shape index (κ1) is 34.6. The molecule has 4 rings (SSSR count). The van der Waals surface area contributed by atoms with Gasteiger partial charge in [-0.3, -0.25) is 14.9 Å². The number of piperidine rings is 2. The molecule has 0 aromatic heterocycles. The van der Waals surface area contributed by atoms with Gasteiger partial charge >= 0.3 is 6.09 Å². The molecule has 1 atom stereocenters. The molecule has 0 saturated carbocycles. The number of unbranched alkanes of at least 4 members (excludes halogenated alkanes) is 2. The molecule has 45 heavy (non-hydrogen) atoms. The van der Waals surface area contributed by atoms with Gasteiger partial charge in [0.15, 0.2) is 0 Å². The van der Waals surface area contributed by atoms with Gasteiger partial charge in [-0.25, -0.2) is 4.79 Å². The zero-order chi connectivity index (χ0) is 31.9. The van der Waals surface area contributed by atoms with Gasteiger partial charge in [-0.1, -0.05) is 55.0 Å². The van der Waals surface area contributed by atoms with Crippen molar-refractivity contribution in [3.05, 3.63) is 54.6 Å². The summed E-state index contributed by atoms with van der Waals surface area (Å²) in [4.78, 5) is 42.1. The van der Waals surface area contributed by atoms with Gasteiger partial charge in [0, 0.05) is 50.7 Å². The molecule has 2 aromatic carbocycles. The third kappa shape index (κ3) is 12.2. The van der Waals surface area contributed by atoms with Crippen molar-refractivity contribution in [1.82, 2.24) is 20.4 Å². The minimum absolute atomic E-state index is 0.0969. The smallest absolute Gasteiger partial charge is 0.411 e. The summed E-state index contributed by atoms with van der Waals surface area (Å²) in [5.74, 6) is 0.562. The van der Waals surface area contributed by atoms with Gasteiger partial charge in [0.1, 0.15) is 11.9 Å². The average molecular weight is 620 g/mol. The van der Waals surface area contributed by atoms with E-state index in [2.05, 4.69) is 25.8 Å². The highest BCUT2D eigenvalue weighted by Gasteiger charge is 2.26. The van der Waals surface area contributed by atoms with Crippen molar-refractivity contribution >= 4 is 23.5 Å². The molecule has 0 aliphatic carbocycles. The van der Waals surface area contributed by atoms with Crippen molar-refractivity contribution in [3.8, 4) is 11.1 Å². The molecule has 9 heteroatoms. The molecule has 2 fully saturated rings. The molecule has 0 bridgehead atoms. The number of ketones is 1. The van der Waals surface area contributed by atoms with E-state index in [4.69, 9.17) is 4.74 Å². The van der Waals surface area contributed by atoms with Gasteiger partial charge in [-0.2, -0.15) is 0 Å². The minimum atomic E-state index is -0.414. The van der Waals surface area contributed by atoms with Crippen LogP contribution in [0.4, 0.5) is 10.5 Å². The van der Waals surface area contributed by atoms with E-state index in [9.17, 15) is 14.4 Å². The maximum Gasteiger partial charge on any atom is 0.411 e. The first-order valence-corrected chi connectivity index (χ1v) is 17.0. The predicted molar refractivity (Wildman–Crippen MR) is 180 cm³/mol. The Morgan fingerprint density at radius 1 is 0.867 bits per heavy atom. The van der Waals surface area contributed by atoms with E-state index >= 15 is 0 Å². The Hall–Kier alpha value is -3.27. The van der Waals surface area contributed by atoms with Crippen LogP contribution in [0.3, 0.4) is 0 Å². The summed E-state index contributed by atoms with van der Waals surface area (Å²) in [5.41, 5.74) is 2.75. The third-order valence-electron chi connectivity index (χ3n) is 8.72. The Morgan fingerprint density at radius 2 is 1.62 bits per heavy atom. The van der Waals surface area contributed by atoms with Crippen LogP contribution in [0.25, 0.3) is 11.1 Å². The second kappa shape index (κ2) is 18.6. The molecule has 0 radical (unpaired) electrons. The first-order chi connectivity index (χ1) is 21.9. The highest BCUT2D eigenvalue weighted by Crippen LogP contribution is 2.28. The van der Waals surface area contributed by atoms with E-state index in [1.54, 1.807) is 0 Å². The van der Waals surface area contributed by atoms with Gasteiger partial charge in [-0.15, -0.1) is 0 Å². The monoisotopic (exact) mass is 619 g/mol. The largest absolute Gasteiger partial charge is 0.446 e. The average Bonchev–Trinajstić information content (AvgIpc) is 3.04. The van der Waals surface area contributed by atoms with Crippen LogP contribution in [-0.4, -0.2) is 92.1 Å². The van der Waals surface area contributed by atoms with Crippen molar-refractivity contribution < 1.29 is 19.1 Å². The molecule has 2 aliphatic rings. The van der Waals surface area contributed by atoms with E-state index in [-0.39, 0.29) is 29.8 Å². The van der Waals surface area contributed by atoms with Crippen LogP contribution >= 0.6 is 0 Å². The normalized spacial score (nSPS) is 18.1. The topological polar surface area (TPSA) is 103 Å². The van der Waals surface area contributed by atoms with Crippen LogP contribution in [-0.2, 0) is 14.3 Å². The number of hydrogen-bond donors (Lipinski definition) is 3. The zero-order valence-corrected chi connectivity index (χ0v) is 27.3. The first-order valence-electron chi connectivity index (χ1n) is 17.0. The quantitative estimate of drug-likeness (QED) is 0.219. The lowest BCUT2D eigenvalue weighted by Gasteiger charge is -2.32. The maximum atomic E-state index is 12.7. The number of carbonyl (C=O) groups is 3. The van der Waals surface area contributed by atoms with E-state index < -0.39 is 6.09 Å². The van der Waals surface area contributed by atoms with E-state index in [0.29, 0.717) is 13.0 Å². The Kier molecular flexibility index (Phi) is 14.3. The summed E-state index contributed by atoms with van der Waals surface area (Å²) >= 11 is 0. The molecular formula is C36H53N5O4. The lowest BCUT2D eigenvalue weighted by atomic mass is 9.96. The Balaban J connectivity index is 1.01. The van der Waals surface area contributed by atoms with Crippen molar-refractivity contribution in [2.45, 2.75) is 77.4 Å². The molecule has 2 amide bonds. The van der Waals surface area contributed by atoms with Crippen LogP contribution in [0.5, 0.6) is 0 Å². The molecule has 1 unspecified atom stereocenters. The Morgan fingerprint density at radius 3 is 2.40 bits per heavy atom. The number of rotatable bonds is 16. The predicted octanol–water partition coefficient (Wildman–Crippen LogP) is 5.32. The summed E-state index contributed by atoms with van der Waals surface area (Å²) in [6, 6.07) is 17.9. The van der Waals surface area contributed by atoms with E-state index in [0.717, 1.165) is 108 Å². The Labute approximate surface area is 269 Å². The molecule has 2 aliphatic heterocycles. The fourth-order valence-electron chi connectivity index (χ4n) is 6.27. The molecule has 2 heterocycles. The van der Waals surface area contributed by atoms with Crippen LogP contribution in [0.1, 0.15) is 65.2 Å². The molecule has 3 N–H and O–H groups in total. The fraction of sp³-hybridized carbons (Fsp3) is 0.583. The zero-order valence-electron chi connectivity index (χ0n) is 27.3. The van der Waals surface area contributed by atoms with Crippen molar-refractivity contribution in [3.63, 3.8) is 0 Å². The number of benzene rings is 2. The number of amides is 2. The van der Waals surface area contributed by atoms with Crippen LogP contribution in [0.15, 0.2) is 54.6 Å². The van der Waals surface area contributed by atoms with Crippen molar-refractivity contribution in [2.75, 3.05) is 57.7 Å². The van der Waals surface area contributed by atoms with Crippen molar-refractivity contribution in [2.24, 2.45) is 5.92 Å². The molecule has 2 saturated heterocycles. The summed E-state index contributed by atoms with van der Waals surface area (Å²) < 4.78 is 5.75. The van der Waals surface area contributed by atoms with Crippen LogP contribution in [0, 0.1) is 5.92 Å². The standard InChI is InChI=1S/C36H53N5O4/c1-28(2)38-35(43)30-14-11-22-41(27-30)21-10-4-7-15-31(42)26-37-20-25-40-23-18-32(19-24-40)45-36(44)39-34-17-9-8-16-33(34)29-12-5-3-6-13-29/h3,5-6,8-9,12-13,16-17,28,30,32,37H,4,7,10-11,14-15,18-27H2,1-2H3,(H,38,43)(H,39,44). The number of anilines is 1. The number of para-hydroxylation sites is 1. The third-order valence-corrected chi connectivity index (χ3v) is 8.72. The summed E-state index contributed by atoms with van der Waals surface area (Å²) in [5, 5.41) is 9.30. The summed E-state index contributed by atoms with van der Waals surface area (Å²) in [7, 11) is 0.